The van der Waals surface area contributed by atoms with E-state index in [0.29, 0.717) is 6.04 Å². The van der Waals surface area contributed by atoms with Gasteiger partial charge in [-0.15, -0.1) is 0 Å². The molecule has 1 aromatic heterocycles. The number of nitrogens with one attached hydrogen (secondary N) is 1. The molecule has 96 valence electrons. The van der Waals surface area contributed by atoms with Crippen LogP contribution in [0.4, 0.5) is 4.39 Å². The van der Waals surface area contributed by atoms with Crippen molar-refractivity contribution in [2.24, 2.45) is 0 Å². The van der Waals surface area contributed by atoms with E-state index in [1.54, 1.807) is 12.1 Å². The van der Waals surface area contributed by atoms with Gasteiger partial charge in [0.1, 0.15) is 5.82 Å². The number of halogens is 1. The summed E-state index contributed by atoms with van der Waals surface area (Å²) in [5.41, 5.74) is 2.24. The van der Waals surface area contributed by atoms with Crippen LogP contribution in [0, 0.1) is 5.82 Å². The van der Waals surface area contributed by atoms with Crippen molar-refractivity contribution in [2.45, 2.75) is 33.0 Å². The fourth-order valence-electron chi connectivity index (χ4n) is 1.88. The summed E-state index contributed by atoms with van der Waals surface area (Å²) >= 11 is 0. The Balaban J connectivity index is 1.88. The Bertz CT molecular complexity index is 488. The molecule has 0 aliphatic carbocycles. The molecule has 0 saturated heterocycles. The van der Waals surface area contributed by atoms with E-state index in [4.69, 9.17) is 0 Å². The molecule has 0 bridgehead atoms. The summed E-state index contributed by atoms with van der Waals surface area (Å²) in [6.45, 7) is 5.70. The lowest BCUT2D eigenvalue weighted by Gasteiger charge is -2.11. The Hall–Kier alpha value is -1.68. The minimum absolute atomic E-state index is 0.198. The van der Waals surface area contributed by atoms with Gasteiger partial charge in [-0.3, -0.25) is 4.68 Å². The predicted molar refractivity (Wildman–Crippen MR) is 69.6 cm³/mol. The molecule has 0 amide bonds. The van der Waals surface area contributed by atoms with Crippen molar-refractivity contribution in [2.75, 3.05) is 0 Å². The maximum atomic E-state index is 12.7. The van der Waals surface area contributed by atoms with Gasteiger partial charge in [-0.2, -0.15) is 5.10 Å². The van der Waals surface area contributed by atoms with Crippen LogP contribution in [-0.2, 0) is 13.1 Å². The van der Waals surface area contributed by atoms with Gasteiger partial charge in [-0.05, 0) is 37.6 Å². The first-order valence-corrected chi connectivity index (χ1v) is 6.14. The number of hydrogen-bond donors (Lipinski definition) is 1. The van der Waals surface area contributed by atoms with Crippen LogP contribution in [-0.4, -0.2) is 9.78 Å². The Morgan fingerprint density at radius 3 is 2.56 bits per heavy atom. The zero-order chi connectivity index (χ0) is 13.0. The van der Waals surface area contributed by atoms with E-state index in [-0.39, 0.29) is 5.82 Å². The highest BCUT2D eigenvalue weighted by molar-refractivity contribution is 5.15. The van der Waals surface area contributed by atoms with Crippen LogP contribution in [0.5, 0.6) is 0 Å². The highest BCUT2D eigenvalue weighted by Gasteiger charge is 2.04. The van der Waals surface area contributed by atoms with Crippen LogP contribution in [0.15, 0.2) is 36.5 Å². The molecule has 18 heavy (non-hydrogen) atoms. The molecule has 0 aliphatic heterocycles. The van der Waals surface area contributed by atoms with E-state index in [2.05, 4.69) is 24.3 Å². The van der Waals surface area contributed by atoms with Crippen molar-refractivity contribution in [3.8, 4) is 0 Å². The Morgan fingerprint density at radius 2 is 1.89 bits per heavy atom. The first-order chi connectivity index (χ1) is 8.66. The molecule has 3 nitrogen and oxygen atoms in total. The summed E-state index contributed by atoms with van der Waals surface area (Å²) in [6.07, 6.45) is 1.81. The SMILES string of the molecule is CC(C)n1nccc1CNCc1ccc(F)cc1. The fourth-order valence-corrected chi connectivity index (χ4v) is 1.88. The molecule has 1 N–H and O–H groups in total. The predicted octanol–water partition coefficient (Wildman–Crippen LogP) is 2.89. The van der Waals surface area contributed by atoms with Crippen LogP contribution < -0.4 is 5.32 Å². The molecule has 0 fully saturated rings. The van der Waals surface area contributed by atoms with Gasteiger partial charge in [0, 0.05) is 25.3 Å². The minimum Gasteiger partial charge on any atom is -0.307 e. The first kappa shape index (κ1) is 12.8. The first-order valence-electron chi connectivity index (χ1n) is 6.14. The average Bonchev–Trinajstić information content (AvgIpc) is 2.80. The number of nitrogens with zero attached hydrogens (tertiary/aromatic N) is 2. The third-order valence-electron chi connectivity index (χ3n) is 2.79. The third kappa shape index (κ3) is 3.17. The van der Waals surface area contributed by atoms with E-state index in [0.717, 1.165) is 24.3 Å². The summed E-state index contributed by atoms with van der Waals surface area (Å²) in [4.78, 5) is 0. The van der Waals surface area contributed by atoms with Crippen LogP contribution >= 0.6 is 0 Å². The zero-order valence-electron chi connectivity index (χ0n) is 10.7. The molecule has 2 rings (SSSR count). The Morgan fingerprint density at radius 1 is 1.17 bits per heavy atom. The number of aromatic nitrogens is 2. The minimum atomic E-state index is -0.198. The smallest absolute Gasteiger partial charge is 0.123 e. The van der Waals surface area contributed by atoms with Gasteiger partial charge in [0.25, 0.3) is 0 Å². The third-order valence-corrected chi connectivity index (χ3v) is 2.79. The van der Waals surface area contributed by atoms with Crippen molar-refractivity contribution >= 4 is 0 Å². The van der Waals surface area contributed by atoms with E-state index < -0.39 is 0 Å². The van der Waals surface area contributed by atoms with E-state index in [9.17, 15) is 4.39 Å². The topological polar surface area (TPSA) is 29.9 Å². The monoisotopic (exact) mass is 247 g/mol. The molecule has 1 heterocycles. The maximum absolute atomic E-state index is 12.7. The lowest BCUT2D eigenvalue weighted by molar-refractivity contribution is 0.495. The molecule has 0 saturated carbocycles. The van der Waals surface area contributed by atoms with Crippen LogP contribution in [0.1, 0.15) is 31.1 Å². The van der Waals surface area contributed by atoms with Crippen molar-refractivity contribution in [1.29, 1.82) is 0 Å². The normalized spacial score (nSPS) is 11.1. The molecular formula is C14H18FN3. The Labute approximate surface area is 107 Å². The molecule has 1 aromatic carbocycles. The summed E-state index contributed by atoms with van der Waals surface area (Å²) in [5.74, 6) is -0.198. The van der Waals surface area contributed by atoms with Crippen LogP contribution in [0.2, 0.25) is 0 Å². The van der Waals surface area contributed by atoms with Crippen LogP contribution in [0.3, 0.4) is 0 Å². The average molecular weight is 247 g/mol. The van der Waals surface area contributed by atoms with Crippen molar-refractivity contribution < 1.29 is 4.39 Å². The van der Waals surface area contributed by atoms with E-state index in [1.165, 1.54) is 12.1 Å². The highest BCUT2D eigenvalue weighted by atomic mass is 19.1. The van der Waals surface area contributed by atoms with Gasteiger partial charge < -0.3 is 5.32 Å². The lowest BCUT2D eigenvalue weighted by atomic mass is 10.2. The number of hydrogen-bond acceptors (Lipinski definition) is 2. The van der Waals surface area contributed by atoms with Gasteiger partial charge >= 0.3 is 0 Å². The molecule has 0 atom stereocenters. The number of benzene rings is 1. The Kier molecular flexibility index (Phi) is 4.10. The number of rotatable bonds is 5. The molecule has 4 heteroatoms. The largest absolute Gasteiger partial charge is 0.307 e. The molecule has 0 radical (unpaired) electrons. The quantitative estimate of drug-likeness (QED) is 0.880. The summed E-state index contributed by atoms with van der Waals surface area (Å²) in [6, 6.07) is 8.93. The molecule has 0 aliphatic rings. The van der Waals surface area contributed by atoms with E-state index in [1.807, 2.05) is 16.9 Å². The van der Waals surface area contributed by atoms with Gasteiger partial charge in [0.15, 0.2) is 0 Å². The second-order valence-corrected chi connectivity index (χ2v) is 4.59. The van der Waals surface area contributed by atoms with Gasteiger partial charge in [0.05, 0.1) is 5.69 Å². The molecule has 0 unspecified atom stereocenters. The van der Waals surface area contributed by atoms with Crippen molar-refractivity contribution in [3.63, 3.8) is 0 Å². The highest BCUT2D eigenvalue weighted by Crippen LogP contribution is 2.08. The second kappa shape index (κ2) is 5.78. The van der Waals surface area contributed by atoms with Crippen LogP contribution in [0.25, 0.3) is 0 Å². The van der Waals surface area contributed by atoms with E-state index >= 15 is 0 Å². The fraction of sp³-hybridized carbons (Fsp3) is 0.357. The summed E-state index contributed by atoms with van der Waals surface area (Å²) in [5, 5.41) is 7.62. The molecule has 0 spiro atoms. The maximum Gasteiger partial charge on any atom is 0.123 e. The second-order valence-electron chi connectivity index (χ2n) is 4.59. The zero-order valence-corrected chi connectivity index (χ0v) is 10.7. The van der Waals surface area contributed by atoms with Crippen molar-refractivity contribution in [3.05, 3.63) is 53.6 Å². The van der Waals surface area contributed by atoms with Crippen molar-refractivity contribution in [1.82, 2.24) is 15.1 Å². The standard InChI is InChI=1S/C14H18FN3/c1-11(2)18-14(7-8-17-18)10-16-9-12-3-5-13(15)6-4-12/h3-8,11,16H,9-10H2,1-2H3. The molecular weight excluding hydrogens is 229 g/mol. The van der Waals surface area contributed by atoms with Gasteiger partial charge in [-0.25, -0.2) is 4.39 Å². The van der Waals surface area contributed by atoms with Gasteiger partial charge in [-0.1, -0.05) is 12.1 Å². The van der Waals surface area contributed by atoms with Gasteiger partial charge in [0.2, 0.25) is 0 Å². The summed E-state index contributed by atoms with van der Waals surface area (Å²) < 4.78 is 14.7. The molecule has 2 aromatic rings. The lowest BCUT2D eigenvalue weighted by Crippen LogP contribution is -2.17. The summed E-state index contributed by atoms with van der Waals surface area (Å²) in [7, 11) is 0.